The molecule has 0 heterocycles. The van der Waals surface area contributed by atoms with Gasteiger partial charge in [0.15, 0.2) is 0 Å². The predicted octanol–water partition coefficient (Wildman–Crippen LogP) is 0.296. The normalized spacial score (nSPS) is 13.2. The van der Waals surface area contributed by atoms with Crippen molar-refractivity contribution >= 4 is 37.7 Å². The molecule has 27 heavy (non-hydrogen) atoms. The van der Waals surface area contributed by atoms with Crippen LogP contribution in [0.15, 0.2) is 17.0 Å². The van der Waals surface area contributed by atoms with Gasteiger partial charge >= 0.3 is 11.9 Å². The van der Waals surface area contributed by atoms with Gasteiger partial charge in [-0.25, -0.2) is 16.8 Å². The van der Waals surface area contributed by atoms with Crippen molar-refractivity contribution < 1.29 is 36.6 Å². The molecule has 10 nitrogen and oxygen atoms in total. The number of hydrogen-bond acceptors (Lipinski definition) is 6. The third-order valence-electron chi connectivity index (χ3n) is 3.93. The van der Waals surface area contributed by atoms with E-state index in [9.17, 15) is 26.4 Å². The summed E-state index contributed by atoms with van der Waals surface area (Å²) >= 11 is 0. The Bertz CT molecular complexity index is 954. The molecule has 0 saturated carbocycles. The number of sulfonamides is 2. The first-order chi connectivity index (χ1) is 12.2. The molecule has 0 aromatic heterocycles. The van der Waals surface area contributed by atoms with E-state index in [0.29, 0.717) is 5.56 Å². The zero-order chi connectivity index (χ0) is 21.2. The van der Waals surface area contributed by atoms with Crippen molar-refractivity contribution in [1.29, 1.82) is 0 Å². The summed E-state index contributed by atoms with van der Waals surface area (Å²) in [7, 11) is -6.73. The van der Waals surface area contributed by atoms with E-state index >= 15 is 0 Å². The number of aliphatic carboxylic acids is 2. The number of aryl methyl sites for hydroxylation is 1. The van der Waals surface area contributed by atoms with Crippen LogP contribution < -0.4 is 9.03 Å². The van der Waals surface area contributed by atoms with Crippen LogP contribution in [0.5, 0.6) is 0 Å². The molecule has 12 heteroatoms. The van der Waals surface area contributed by atoms with Gasteiger partial charge in [-0.3, -0.25) is 13.9 Å². The highest BCUT2D eigenvalue weighted by Gasteiger charge is 2.29. The van der Waals surface area contributed by atoms with E-state index in [4.69, 9.17) is 10.2 Å². The van der Waals surface area contributed by atoms with Crippen molar-refractivity contribution in [2.45, 2.75) is 37.6 Å². The van der Waals surface area contributed by atoms with E-state index < -0.39 is 50.9 Å². The number of hydrogen-bond donors (Lipinski definition) is 3. The summed E-state index contributed by atoms with van der Waals surface area (Å²) in [5.41, 5.74) is 0.802. The van der Waals surface area contributed by atoms with E-state index in [0.717, 1.165) is 10.6 Å². The second kappa shape index (κ2) is 8.23. The zero-order valence-corrected chi connectivity index (χ0v) is 16.9. The van der Waals surface area contributed by atoms with Gasteiger partial charge in [-0.05, 0) is 37.5 Å². The highest BCUT2D eigenvalue weighted by Crippen LogP contribution is 2.30. The number of anilines is 1. The lowest BCUT2D eigenvalue weighted by molar-refractivity contribution is -0.140. The van der Waals surface area contributed by atoms with Gasteiger partial charge in [-0.15, -0.1) is 0 Å². The number of benzene rings is 1. The maximum atomic E-state index is 12.7. The minimum atomic E-state index is -4.35. The minimum absolute atomic E-state index is 0.123. The topological polar surface area (TPSA) is 158 Å². The highest BCUT2D eigenvalue weighted by atomic mass is 32.2. The number of carboxylic acids is 2. The van der Waals surface area contributed by atoms with Gasteiger partial charge in [0.1, 0.15) is 6.04 Å². The van der Waals surface area contributed by atoms with Gasteiger partial charge < -0.3 is 10.2 Å². The molecule has 0 saturated heterocycles. The lowest BCUT2D eigenvalue weighted by atomic mass is 10.1. The molecule has 1 rings (SSSR count). The van der Waals surface area contributed by atoms with E-state index in [-0.39, 0.29) is 16.1 Å². The molecule has 0 fully saturated rings. The third-order valence-corrected chi connectivity index (χ3v) is 6.72. The Morgan fingerprint density at radius 2 is 1.70 bits per heavy atom. The summed E-state index contributed by atoms with van der Waals surface area (Å²) < 4.78 is 51.9. The van der Waals surface area contributed by atoms with Gasteiger partial charge in [0.25, 0.3) is 0 Å². The Kier molecular flexibility index (Phi) is 6.97. The number of carboxylic acid groups (broad SMARTS) is 2. The SMILES string of the molecule is Cc1ccc(S(=O)(=O)N[C@H](CCC(=O)O)C(=O)O)c(C)c1N(C)S(C)(=O)=O. The molecule has 1 atom stereocenters. The average molecular weight is 422 g/mol. The van der Waals surface area contributed by atoms with Crippen molar-refractivity contribution in [2.24, 2.45) is 0 Å². The Hall–Kier alpha value is -2.18. The summed E-state index contributed by atoms with van der Waals surface area (Å²) in [5, 5.41) is 17.8. The van der Waals surface area contributed by atoms with Crippen LogP contribution in [0.25, 0.3) is 0 Å². The van der Waals surface area contributed by atoms with Crippen LogP contribution in [-0.4, -0.2) is 58.3 Å². The van der Waals surface area contributed by atoms with Crippen LogP contribution in [0.4, 0.5) is 5.69 Å². The first-order valence-electron chi connectivity index (χ1n) is 7.69. The second-order valence-corrected chi connectivity index (χ2v) is 9.73. The van der Waals surface area contributed by atoms with Gasteiger partial charge in [-0.2, -0.15) is 4.72 Å². The molecule has 0 amide bonds. The average Bonchev–Trinajstić information content (AvgIpc) is 2.49. The van der Waals surface area contributed by atoms with Crippen molar-refractivity contribution in [2.75, 3.05) is 17.6 Å². The summed E-state index contributed by atoms with van der Waals surface area (Å²) in [6, 6.07) is 1.01. The Balaban J connectivity index is 3.39. The highest BCUT2D eigenvalue weighted by molar-refractivity contribution is 7.92. The monoisotopic (exact) mass is 422 g/mol. The number of rotatable bonds is 9. The van der Waals surface area contributed by atoms with Gasteiger partial charge in [0.05, 0.1) is 16.8 Å². The third kappa shape index (κ3) is 5.65. The molecule has 0 unspecified atom stereocenters. The fourth-order valence-corrected chi connectivity index (χ4v) is 4.59. The van der Waals surface area contributed by atoms with E-state index in [1.807, 2.05) is 4.72 Å². The van der Waals surface area contributed by atoms with Crippen LogP contribution >= 0.6 is 0 Å². The predicted molar refractivity (Wildman–Crippen MR) is 97.8 cm³/mol. The molecule has 0 aliphatic rings. The number of nitrogens with zero attached hydrogens (tertiary/aromatic N) is 1. The van der Waals surface area contributed by atoms with Crippen molar-refractivity contribution in [1.82, 2.24) is 4.72 Å². The molecule has 3 N–H and O–H groups in total. The number of nitrogens with one attached hydrogen (secondary N) is 1. The van der Waals surface area contributed by atoms with Crippen molar-refractivity contribution in [3.63, 3.8) is 0 Å². The molecule has 0 aliphatic carbocycles. The Morgan fingerprint density at radius 3 is 2.15 bits per heavy atom. The molecule has 0 spiro atoms. The van der Waals surface area contributed by atoms with E-state index in [1.165, 1.54) is 26.1 Å². The number of carbonyl (C=O) groups is 2. The van der Waals surface area contributed by atoms with Crippen LogP contribution in [0, 0.1) is 13.8 Å². The fourth-order valence-electron chi connectivity index (χ4n) is 2.51. The molecular formula is C15H22N2O8S2. The van der Waals surface area contributed by atoms with Crippen LogP contribution in [-0.2, 0) is 29.6 Å². The minimum Gasteiger partial charge on any atom is -0.481 e. The van der Waals surface area contributed by atoms with Crippen LogP contribution in [0.2, 0.25) is 0 Å². The second-order valence-electron chi connectivity index (χ2n) is 6.03. The molecule has 1 aromatic carbocycles. The summed E-state index contributed by atoms with van der Waals surface area (Å²) in [4.78, 5) is 21.6. The molecular weight excluding hydrogens is 400 g/mol. The maximum absolute atomic E-state index is 12.7. The Morgan fingerprint density at radius 1 is 1.15 bits per heavy atom. The zero-order valence-electron chi connectivity index (χ0n) is 15.3. The molecule has 0 bridgehead atoms. The van der Waals surface area contributed by atoms with Crippen molar-refractivity contribution in [3.05, 3.63) is 23.3 Å². The molecule has 0 radical (unpaired) electrons. The molecule has 0 aliphatic heterocycles. The molecule has 152 valence electrons. The van der Waals surface area contributed by atoms with Crippen LogP contribution in [0.3, 0.4) is 0 Å². The summed E-state index contributed by atoms with van der Waals surface area (Å²) in [5.74, 6) is -2.78. The fraction of sp³-hybridized carbons (Fsp3) is 0.467. The molecule has 1 aromatic rings. The first kappa shape index (κ1) is 22.9. The summed E-state index contributed by atoms with van der Waals surface area (Å²) in [6.07, 6.45) is -0.00298. The first-order valence-corrected chi connectivity index (χ1v) is 11.0. The van der Waals surface area contributed by atoms with Gasteiger partial charge in [0.2, 0.25) is 20.0 Å². The summed E-state index contributed by atoms with van der Waals surface area (Å²) in [6.45, 7) is 3.02. The Labute approximate surface area is 157 Å². The quantitative estimate of drug-likeness (QED) is 0.512. The van der Waals surface area contributed by atoms with Crippen molar-refractivity contribution in [3.8, 4) is 0 Å². The lowest BCUT2D eigenvalue weighted by Gasteiger charge is -2.23. The van der Waals surface area contributed by atoms with E-state index in [1.54, 1.807) is 6.92 Å². The standard InChI is InChI=1S/C15H22N2O8S2/c1-9-5-7-12(10(2)14(9)17(3)26(4,22)23)27(24,25)16-11(15(20)21)6-8-13(18)19/h5,7,11,16H,6,8H2,1-4H3,(H,18,19)(H,20,21)/t11-/m1/s1. The van der Waals surface area contributed by atoms with Crippen LogP contribution in [0.1, 0.15) is 24.0 Å². The smallest absolute Gasteiger partial charge is 0.321 e. The van der Waals surface area contributed by atoms with E-state index in [2.05, 4.69) is 0 Å². The largest absolute Gasteiger partial charge is 0.481 e. The van der Waals surface area contributed by atoms with Gasteiger partial charge in [-0.1, -0.05) is 6.07 Å². The maximum Gasteiger partial charge on any atom is 0.321 e. The lowest BCUT2D eigenvalue weighted by Crippen LogP contribution is -2.41. The van der Waals surface area contributed by atoms with Gasteiger partial charge in [0, 0.05) is 13.5 Å².